The minimum atomic E-state index is 0.542. The number of fused-ring (bicyclic) bond motifs is 1. The predicted octanol–water partition coefficient (Wildman–Crippen LogP) is 3.54. The Balaban J connectivity index is 2.09. The summed E-state index contributed by atoms with van der Waals surface area (Å²) < 4.78 is 0. The zero-order chi connectivity index (χ0) is 12.3. The minimum Gasteiger partial charge on any atom is -0.342 e. The first kappa shape index (κ1) is 12.7. The molecule has 0 amide bonds. The number of hydrogen-bond donors (Lipinski definition) is 2. The molecule has 0 aliphatic carbocycles. The topological polar surface area (TPSA) is 54.7 Å². The van der Waals surface area contributed by atoms with Crippen molar-refractivity contribution < 1.29 is 0 Å². The van der Waals surface area contributed by atoms with Crippen LogP contribution in [0, 0.1) is 0 Å². The van der Waals surface area contributed by atoms with Gasteiger partial charge in [0.15, 0.2) is 0 Å². The largest absolute Gasteiger partial charge is 0.342 e. The quantitative estimate of drug-likeness (QED) is 0.818. The van der Waals surface area contributed by atoms with Crippen LogP contribution >= 0.6 is 23.2 Å². The molecule has 17 heavy (non-hydrogen) atoms. The molecular formula is C12H15Cl2N3. The van der Waals surface area contributed by atoms with Gasteiger partial charge in [-0.05, 0) is 31.5 Å². The molecule has 2 rings (SSSR count). The average molecular weight is 272 g/mol. The molecule has 1 aromatic carbocycles. The maximum atomic E-state index is 5.95. The van der Waals surface area contributed by atoms with Crippen LogP contribution in [0.4, 0.5) is 0 Å². The second-order valence-corrected chi connectivity index (χ2v) is 4.88. The Hall–Kier alpha value is -0.770. The van der Waals surface area contributed by atoms with Crippen LogP contribution < -0.4 is 5.73 Å². The maximum absolute atomic E-state index is 5.95. The zero-order valence-electron chi connectivity index (χ0n) is 9.47. The number of nitrogens with zero attached hydrogens (tertiary/aromatic N) is 1. The normalized spacial score (nSPS) is 11.2. The Kier molecular flexibility index (Phi) is 4.26. The summed E-state index contributed by atoms with van der Waals surface area (Å²) >= 11 is 11.9. The van der Waals surface area contributed by atoms with Crippen LogP contribution in [0.5, 0.6) is 0 Å². The highest BCUT2D eigenvalue weighted by atomic mass is 35.5. The van der Waals surface area contributed by atoms with E-state index in [0.29, 0.717) is 10.0 Å². The molecule has 3 N–H and O–H groups in total. The number of unbranched alkanes of at least 4 members (excludes halogenated alkanes) is 2. The standard InChI is InChI=1S/C12H15Cl2N3/c13-8-6-10-11(7-9(8)14)17-12(16-10)4-2-1-3-5-15/h6-7H,1-5,15H2,(H,16,17). The number of aryl methyl sites for hydroxylation is 1. The molecule has 0 radical (unpaired) electrons. The third kappa shape index (κ3) is 3.12. The number of aromatic nitrogens is 2. The van der Waals surface area contributed by atoms with Gasteiger partial charge in [-0.2, -0.15) is 0 Å². The van der Waals surface area contributed by atoms with Crippen molar-refractivity contribution in [2.75, 3.05) is 6.54 Å². The number of imidazole rings is 1. The summed E-state index contributed by atoms with van der Waals surface area (Å²) in [6.45, 7) is 0.755. The van der Waals surface area contributed by atoms with E-state index in [1.165, 1.54) is 0 Å². The predicted molar refractivity (Wildman–Crippen MR) is 72.7 cm³/mol. The summed E-state index contributed by atoms with van der Waals surface area (Å²) in [7, 11) is 0. The fraction of sp³-hybridized carbons (Fsp3) is 0.417. The van der Waals surface area contributed by atoms with E-state index >= 15 is 0 Å². The number of aromatic amines is 1. The monoisotopic (exact) mass is 271 g/mol. The third-order valence-electron chi connectivity index (χ3n) is 2.69. The first-order valence-electron chi connectivity index (χ1n) is 5.74. The van der Waals surface area contributed by atoms with Gasteiger partial charge in [-0.15, -0.1) is 0 Å². The molecule has 0 fully saturated rings. The summed E-state index contributed by atoms with van der Waals surface area (Å²) in [5, 5.41) is 1.10. The van der Waals surface area contributed by atoms with Crippen molar-refractivity contribution in [1.82, 2.24) is 9.97 Å². The van der Waals surface area contributed by atoms with Crippen LogP contribution in [0.2, 0.25) is 10.0 Å². The van der Waals surface area contributed by atoms with Crippen molar-refractivity contribution in [2.45, 2.75) is 25.7 Å². The van der Waals surface area contributed by atoms with E-state index in [1.54, 1.807) is 6.07 Å². The van der Waals surface area contributed by atoms with E-state index in [1.807, 2.05) is 6.07 Å². The lowest BCUT2D eigenvalue weighted by molar-refractivity contribution is 0.674. The molecule has 5 heteroatoms. The molecule has 0 spiro atoms. The Morgan fingerprint density at radius 2 is 1.88 bits per heavy atom. The summed E-state index contributed by atoms with van der Waals surface area (Å²) in [4.78, 5) is 7.74. The molecule has 0 bridgehead atoms. The molecule has 0 saturated carbocycles. The van der Waals surface area contributed by atoms with Gasteiger partial charge in [0.1, 0.15) is 5.82 Å². The summed E-state index contributed by atoms with van der Waals surface area (Å²) in [6.07, 6.45) is 4.23. The summed E-state index contributed by atoms with van der Waals surface area (Å²) in [6, 6.07) is 3.61. The first-order chi connectivity index (χ1) is 8.20. The molecule has 0 saturated heterocycles. The smallest absolute Gasteiger partial charge is 0.107 e. The highest BCUT2D eigenvalue weighted by Gasteiger charge is 2.06. The van der Waals surface area contributed by atoms with Crippen LogP contribution in [0.1, 0.15) is 25.1 Å². The fourth-order valence-corrected chi connectivity index (χ4v) is 2.11. The van der Waals surface area contributed by atoms with Crippen LogP contribution in [0.25, 0.3) is 11.0 Å². The highest BCUT2D eigenvalue weighted by Crippen LogP contribution is 2.26. The molecule has 0 aliphatic heterocycles. The van der Waals surface area contributed by atoms with E-state index < -0.39 is 0 Å². The van der Waals surface area contributed by atoms with E-state index in [0.717, 1.165) is 49.1 Å². The van der Waals surface area contributed by atoms with E-state index in [-0.39, 0.29) is 0 Å². The molecule has 1 heterocycles. The van der Waals surface area contributed by atoms with Crippen molar-refractivity contribution in [3.05, 3.63) is 28.0 Å². The van der Waals surface area contributed by atoms with Crippen LogP contribution in [0.3, 0.4) is 0 Å². The second kappa shape index (κ2) is 5.71. The van der Waals surface area contributed by atoms with Gasteiger partial charge < -0.3 is 10.7 Å². The molecule has 3 nitrogen and oxygen atoms in total. The number of nitrogens with one attached hydrogen (secondary N) is 1. The molecule has 0 unspecified atom stereocenters. The number of benzene rings is 1. The third-order valence-corrected chi connectivity index (χ3v) is 3.41. The number of halogens is 2. The lowest BCUT2D eigenvalue weighted by Gasteiger charge is -1.95. The number of hydrogen-bond acceptors (Lipinski definition) is 2. The number of rotatable bonds is 5. The van der Waals surface area contributed by atoms with Gasteiger partial charge in [-0.1, -0.05) is 29.6 Å². The van der Waals surface area contributed by atoms with Gasteiger partial charge in [0.05, 0.1) is 21.1 Å². The summed E-state index contributed by atoms with van der Waals surface area (Å²) in [5.74, 6) is 0.982. The van der Waals surface area contributed by atoms with Gasteiger partial charge in [0.2, 0.25) is 0 Å². The Morgan fingerprint density at radius 3 is 2.65 bits per heavy atom. The average Bonchev–Trinajstić information content (AvgIpc) is 2.67. The van der Waals surface area contributed by atoms with Crippen molar-refractivity contribution in [2.24, 2.45) is 5.73 Å². The molecule has 1 aromatic heterocycles. The van der Waals surface area contributed by atoms with E-state index in [4.69, 9.17) is 28.9 Å². The minimum absolute atomic E-state index is 0.542. The Labute approximate surface area is 110 Å². The molecule has 0 aliphatic rings. The SMILES string of the molecule is NCCCCCc1nc2cc(Cl)c(Cl)cc2[nH]1. The fourth-order valence-electron chi connectivity index (χ4n) is 1.79. The molecule has 0 atom stereocenters. The van der Waals surface area contributed by atoms with Crippen molar-refractivity contribution in [1.29, 1.82) is 0 Å². The van der Waals surface area contributed by atoms with Gasteiger partial charge in [0.25, 0.3) is 0 Å². The number of nitrogens with two attached hydrogens (primary N) is 1. The lowest BCUT2D eigenvalue weighted by atomic mass is 10.2. The van der Waals surface area contributed by atoms with Crippen LogP contribution in [-0.2, 0) is 6.42 Å². The highest BCUT2D eigenvalue weighted by molar-refractivity contribution is 6.42. The Morgan fingerprint density at radius 1 is 1.12 bits per heavy atom. The zero-order valence-corrected chi connectivity index (χ0v) is 11.0. The Bertz CT molecular complexity index is 469. The lowest BCUT2D eigenvalue weighted by Crippen LogP contribution is -1.98. The van der Waals surface area contributed by atoms with Gasteiger partial charge >= 0.3 is 0 Å². The van der Waals surface area contributed by atoms with E-state index in [2.05, 4.69) is 9.97 Å². The molecular weight excluding hydrogens is 257 g/mol. The van der Waals surface area contributed by atoms with Crippen molar-refractivity contribution in [3.63, 3.8) is 0 Å². The van der Waals surface area contributed by atoms with Crippen LogP contribution in [-0.4, -0.2) is 16.5 Å². The molecule has 92 valence electrons. The van der Waals surface area contributed by atoms with Crippen molar-refractivity contribution in [3.8, 4) is 0 Å². The maximum Gasteiger partial charge on any atom is 0.107 e. The summed E-state index contributed by atoms with van der Waals surface area (Å²) in [5.41, 5.74) is 7.26. The number of H-pyrrole nitrogens is 1. The first-order valence-corrected chi connectivity index (χ1v) is 6.50. The van der Waals surface area contributed by atoms with Gasteiger partial charge in [-0.3, -0.25) is 0 Å². The van der Waals surface area contributed by atoms with Gasteiger partial charge in [-0.25, -0.2) is 4.98 Å². The van der Waals surface area contributed by atoms with Crippen LogP contribution in [0.15, 0.2) is 12.1 Å². The van der Waals surface area contributed by atoms with Gasteiger partial charge in [0, 0.05) is 6.42 Å². The second-order valence-electron chi connectivity index (χ2n) is 4.07. The molecule has 2 aromatic rings. The van der Waals surface area contributed by atoms with Crippen molar-refractivity contribution >= 4 is 34.2 Å². The van der Waals surface area contributed by atoms with E-state index in [9.17, 15) is 0 Å².